The number of benzene rings is 2. The van der Waals surface area contributed by atoms with Gasteiger partial charge in [0.2, 0.25) is 5.91 Å². The summed E-state index contributed by atoms with van der Waals surface area (Å²) in [6.45, 7) is 6.51. The maximum Gasteiger partial charge on any atom is 0.256 e. The number of rotatable bonds is 6. The average molecular weight is 380 g/mol. The Morgan fingerprint density at radius 1 is 1.04 bits per heavy atom. The molecule has 28 heavy (non-hydrogen) atoms. The fourth-order valence-electron chi connectivity index (χ4n) is 3.78. The highest BCUT2D eigenvalue weighted by Gasteiger charge is 2.24. The standard InChI is InChI=1S/C23H29N3O2/c1-3-25(17-19-9-5-4-6-10-19)23(28)21-11-7-8-12-22(21)26-15-13-20(14-16-26)24-18(2)27/h4-12,20H,3,13-17H2,1-2H3,(H,24,27). The van der Waals surface area contributed by atoms with Crippen LogP contribution in [0.1, 0.15) is 42.6 Å². The van der Waals surface area contributed by atoms with Gasteiger partial charge in [0, 0.05) is 44.8 Å². The van der Waals surface area contributed by atoms with Crippen molar-refractivity contribution in [1.82, 2.24) is 10.2 Å². The SMILES string of the molecule is CCN(Cc1ccccc1)C(=O)c1ccccc1N1CCC(NC(C)=O)CC1. The van der Waals surface area contributed by atoms with E-state index in [0.717, 1.165) is 42.7 Å². The molecule has 2 aromatic carbocycles. The number of carbonyl (C=O) groups excluding carboxylic acids is 2. The van der Waals surface area contributed by atoms with Gasteiger partial charge in [-0.05, 0) is 37.5 Å². The lowest BCUT2D eigenvalue weighted by molar-refractivity contribution is -0.119. The number of hydrogen-bond donors (Lipinski definition) is 1. The Kier molecular flexibility index (Phi) is 6.69. The Morgan fingerprint density at radius 2 is 1.68 bits per heavy atom. The molecule has 3 rings (SSSR count). The van der Waals surface area contributed by atoms with E-state index in [4.69, 9.17) is 0 Å². The van der Waals surface area contributed by atoms with Crippen molar-refractivity contribution in [3.8, 4) is 0 Å². The molecule has 0 unspecified atom stereocenters. The normalized spacial score (nSPS) is 14.6. The van der Waals surface area contributed by atoms with Crippen molar-refractivity contribution >= 4 is 17.5 Å². The molecule has 1 aliphatic rings. The van der Waals surface area contributed by atoms with Crippen LogP contribution in [0.3, 0.4) is 0 Å². The molecule has 148 valence electrons. The zero-order chi connectivity index (χ0) is 19.9. The summed E-state index contributed by atoms with van der Waals surface area (Å²) in [6.07, 6.45) is 1.78. The second-order valence-electron chi connectivity index (χ2n) is 7.28. The van der Waals surface area contributed by atoms with Gasteiger partial charge in [-0.25, -0.2) is 0 Å². The van der Waals surface area contributed by atoms with Gasteiger partial charge >= 0.3 is 0 Å². The Morgan fingerprint density at radius 3 is 2.32 bits per heavy atom. The monoisotopic (exact) mass is 379 g/mol. The van der Waals surface area contributed by atoms with Crippen molar-refractivity contribution < 1.29 is 9.59 Å². The molecule has 0 bridgehead atoms. The highest BCUT2D eigenvalue weighted by molar-refractivity contribution is 5.99. The maximum absolute atomic E-state index is 13.3. The topological polar surface area (TPSA) is 52.7 Å². The van der Waals surface area contributed by atoms with E-state index >= 15 is 0 Å². The summed E-state index contributed by atoms with van der Waals surface area (Å²) in [5, 5.41) is 3.01. The van der Waals surface area contributed by atoms with Crippen LogP contribution in [0.4, 0.5) is 5.69 Å². The summed E-state index contributed by atoms with van der Waals surface area (Å²) >= 11 is 0. The first-order chi connectivity index (χ1) is 13.6. The van der Waals surface area contributed by atoms with Gasteiger partial charge < -0.3 is 15.1 Å². The predicted octanol–water partition coefficient (Wildman–Crippen LogP) is 3.45. The molecule has 2 aromatic rings. The van der Waals surface area contributed by atoms with E-state index in [1.54, 1.807) is 6.92 Å². The van der Waals surface area contributed by atoms with E-state index in [1.165, 1.54) is 0 Å². The van der Waals surface area contributed by atoms with Gasteiger partial charge in [-0.1, -0.05) is 42.5 Å². The fourth-order valence-corrected chi connectivity index (χ4v) is 3.78. The summed E-state index contributed by atoms with van der Waals surface area (Å²) in [6, 6.07) is 18.2. The maximum atomic E-state index is 13.3. The zero-order valence-electron chi connectivity index (χ0n) is 16.7. The average Bonchev–Trinajstić information content (AvgIpc) is 2.72. The Hall–Kier alpha value is -2.82. The molecule has 1 N–H and O–H groups in total. The van der Waals surface area contributed by atoms with Crippen molar-refractivity contribution in [1.29, 1.82) is 0 Å². The molecule has 5 heteroatoms. The molecule has 1 aliphatic heterocycles. The number of nitrogens with one attached hydrogen (secondary N) is 1. The van der Waals surface area contributed by atoms with Crippen LogP contribution in [-0.2, 0) is 11.3 Å². The molecule has 0 atom stereocenters. The Bertz CT molecular complexity index is 799. The van der Waals surface area contributed by atoms with E-state index < -0.39 is 0 Å². The lowest BCUT2D eigenvalue weighted by Crippen LogP contribution is -2.44. The van der Waals surface area contributed by atoms with Crippen molar-refractivity contribution in [2.45, 2.75) is 39.3 Å². The van der Waals surface area contributed by atoms with Gasteiger partial charge in [0.05, 0.1) is 5.56 Å². The number of amides is 2. The van der Waals surface area contributed by atoms with Crippen molar-refractivity contribution in [2.75, 3.05) is 24.5 Å². The van der Waals surface area contributed by atoms with Crippen LogP contribution in [0.25, 0.3) is 0 Å². The lowest BCUT2D eigenvalue weighted by Gasteiger charge is -2.35. The first kappa shape index (κ1) is 19.9. The molecule has 0 aliphatic carbocycles. The van der Waals surface area contributed by atoms with E-state index in [-0.39, 0.29) is 17.9 Å². The smallest absolute Gasteiger partial charge is 0.256 e. The van der Waals surface area contributed by atoms with Crippen molar-refractivity contribution in [3.63, 3.8) is 0 Å². The van der Waals surface area contributed by atoms with Crippen LogP contribution in [0.2, 0.25) is 0 Å². The van der Waals surface area contributed by atoms with E-state index in [1.807, 2.05) is 54.3 Å². The molecular formula is C23H29N3O2. The van der Waals surface area contributed by atoms with Gasteiger partial charge in [0.25, 0.3) is 5.91 Å². The summed E-state index contributed by atoms with van der Waals surface area (Å²) in [7, 11) is 0. The van der Waals surface area contributed by atoms with Crippen LogP contribution >= 0.6 is 0 Å². The highest BCUT2D eigenvalue weighted by atomic mass is 16.2. The van der Waals surface area contributed by atoms with Gasteiger partial charge in [0.15, 0.2) is 0 Å². The second kappa shape index (κ2) is 9.40. The molecule has 0 aromatic heterocycles. The van der Waals surface area contributed by atoms with Gasteiger partial charge in [-0.15, -0.1) is 0 Å². The van der Waals surface area contributed by atoms with Crippen molar-refractivity contribution in [2.24, 2.45) is 0 Å². The van der Waals surface area contributed by atoms with E-state index in [2.05, 4.69) is 22.3 Å². The Labute approximate surface area is 167 Å². The van der Waals surface area contributed by atoms with Gasteiger partial charge in [0.1, 0.15) is 0 Å². The molecule has 1 fully saturated rings. The van der Waals surface area contributed by atoms with Crippen LogP contribution in [0, 0.1) is 0 Å². The molecule has 5 nitrogen and oxygen atoms in total. The molecule has 2 amide bonds. The second-order valence-corrected chi connectivity index (χ2v) is 7.28. The summed E-state index contributed by atoms with van der Waals surface area (Å²) in [4.78, 5) is 28.7. The third kappa shape index (κ3) is 4.91. The molecule has 0 spiro atoms. The summed E-state index contributed by atoms with van der Waals surface area (Å²) in [5.41, 5.74) is 2.87. The van der Waals surface area contributed by atoms with E-state index in [9.17, 15) is 9.59 Å². The fraction of sp³-hybridized carbons (Fsp3) is 0.391. The minimum absolute atomic E-state index is 0.0218. The first-order valence-corrected chi connectivity index (χ1v) is 10.0. The zero-order valence-corrected chi connectivity index (χ0v) is 16.7. The van der Waals surface area contributed by atoms with Crippen LogP contribution in [0.15, 0.2) is 54.6 Å². The van der Waals surface area contributed by atoms with Crippen LogP contribution in [0.5, 0.6) is 0 Å². The van der Waals surface area contributed by atoms with Gasteiger partial charge in [-0.3, -0.25) is 9.59 Å². The molecule has 1 heterocycles. The molecular weight excluding hydrogens is 350 g/mol. The number of piperidine rings is 1. The predicted molar refractivity (Wildman–Crippen MR) is 112 cm³/mol. The molecule has 0 radical (unpaired) electrons. The largest absolute Gasteiger partial charge is 0.371 e. The minimum Gasteiger partial charge on any atom is -0.371 e. The van der Waals surface area contributed by atoms with E-state index in [0.29, 0.717) is 13.1 Å². The number of carbonyl (C=O) groups is 2. The van der Waals surface area contributed by atoms with Gasteiger partial charge in [-0.2, -0.15) is 0 Å². The quantitative estimate of drug-likeness (QED) is 0.836. The third-order valence-electron chi connectivity index (χ3n) is 5.26. The number of nitrogens with zero attached hydrogens (tertiary/aromatic N) is 2. The first-order valence-electron chi connectivity index (χ1n) is 10.0. The summed E-state index contributed by atoms with van der Waals surface area (Å²) < 4.78 is 0. The highest BCUT2D eigenvalue weighted by Crippen LogP contribution is 2.26. The van der Waals surface area contributed by atoms with Crippen LogP contribution < -0.4 is 10.2 Å². The lowest BCUT2D eigenvalue weighted by atomic mass is 10.0. The minimum atomic E-state index is 0.0218. The molecule has 1 saturated heterocycles. The number of hydrogen-bond acceptors (Lipinski definition) is 3. The number of anilines is 1. The Balaban J connectivity index is 1.74. The summed E-state index contributed by atoms with van der Waals surface area (Å²) in [5.74, 6) is 0.0828. The van der Waals surface area contributed by atoms with Crippen LogP contribution in [-0.4, -0.2) is 42.4 Å². The van der Waals surface area contributed by atoms with Crippen molar-refractivity contribution in [3.05, 3.63) is 65.7 Å². The number of para-hydroxylation sites is 1. The molecule has 0 saturated carbocycles. The third-order valence-corrected chi connectivity index (χ3v) is 5.26.